The van der Waals surface area contributed by atoms with Gasteiger partial charge in [-0.2, -0.15) is 10.2 Å². The molecule has 3 aromatic rings. The Hall–Kier alpha value is -3.92. The zero-order valence-electron chi connectivity index (χ0n) is 13.9. The molecule has 2 aromatic carbocycles. The molecule has 128 valence electrons. The molecule has 7 heteroatoms. The molecular formula is C19H15N5O2. The Morgan fingerprint density at radius 2 is 1.81 bits per heavy atom. The number of aromatic nitrogens is 2. The van der Waals surface area contributed by atoms with Crippen LogP contribution in [0.5, 0.6) is 0 Å². The van der Waals surface area contributed by atoms with Crippen molar-refractivity contribution in [2.75, 3.05) is 10.6 Å². The van der Waals surface area contributed by atoms with Gasteiger partial charge in [-0.05, 0) is 49.4 Å². The van der Waals surface area contributed by atoms with E-state index < -0.39 is 5.97 Å². The third-order valence-electron chi connectivity index (χ3n) is 3.51. The number of nitrogens with one attached hydrogen (secondary N) is 2. The van der Waals surface area contributed by atoms with Crippen LogP contribution in [-0.2, 0) is 0 Å². The molecule has 0 amide bonds. The average molecular weight is 345 g/mol. The molecule has 1 aromatic heterocycles. The maximum atomic E-state index is 10.9. The van der Waals surface area contributed by atoms with E-state index in [0.717, 1.165) is 5.69 Å². The maximum Gasteiger partial charge on any atom is 0.335 e. The molecule has 0 bridgehead atoms. The van der Waals surface area contributed by atoms with Gasteiger partial charge in [-0.25, -0.2) is 9.78 Å². The molecule has 0 saturated heterocycles. The van der Waals surface area contributed by atoms with Crippen LogP contribution in [0.4, 0.5) is 23.1 Å². The molecular weight excluding hydrogens is 330 g/mol. The van der Waals surface area contributed by atoms with Gasteiger partial charge in [0, 0.05) is 23.1 Å². The largest absolute Gasteiger partial charge is 0.478 e. The van der Waals surface area contributed by atoms with Crippen LogP contribution in [0.1, 0.15) is 21.6 Å². The first-order valence-electron chi connectivity index (χ1n) is 7.77. The fourth-order valence-electron chi connectivity index (χ4n) is 2.33. The Bertz CT molecular complexity index is 994. The van der Waals surface area contributed by atoms with E-state index in [0.29, 0.717) is 28.7 Å². The van der Waals surface area contributed by atoms with E-state index in [1.165, 1.54) is 12.1 Å². The van der Waals surface area contributed by atoms with Gasteiger partial charge in [0.15, 0.2) is 0 Å². The highest BCUT2D eigenvalue weighted by molar-refractivity contribution is 5.88. The summed E-state index contributed by atoms with van der Waals surface area (Å²) in [6.45, 7) is 1.84. The molecule has 0 aliphatic carbocycles. The smallest absolute Gasteiger partial charge is 0.335 e. The molecule has 7 nitrogen and oxygen atoms in total. The number of rotatable bonds is 5. The fourth-order valence-corrected chi connectivity index (χ4v) is 2.33. The van der Waals surface area contributed by atoms with Gasteiger partial charge in [0.05, 0.1) is 17.2 Å². The van der Waals surface area contributed by atoms with Crippen molar-refractivity contribution in [2.45, 2.75) is 6.92 Å². The summed E-state index contributed by atoms with van der Waals surface area (Å²) in [6, 6.07) is 17.3. The van der Waals surface area contributed by atoms with Crippen LogP contribution in [0, 0.1) is 18.3 Å². The van der Waals surface area contributed by atoms with Crippen LogP contribution >= 0.6 is 0 Å². The van der Waals surface area contributed by atoms with Gasteiger partial charge in [-0.3, -0.25) is 0 Å². The Kier molecular flexibility index (Phi) is 4.76. The minimum atomic E-state index is -0.972. The van der Waals surface area contributed by atoms with Gasteiger partial charge in [0.25, 0.3) is 0 Å². The monoisotopic (exact) mass is 345 g/mol. The lowest BCUT2D eigenvalue weighted by Gasteiger charge is -2.10. The Morgan fingerprint density at radius 3 is 2.50 bits per heavy atom. The van der Waals surface area contributed by atoms with Gasteiger partial charge in [0.1, 0.15) is 5.82 Å². The number of carbonyl (C=O) groups is 1. The molecule has 0 aliphatic rings. The minimum absolute atomic E-state index is 0.217. The third kappa shape index (κ3) is 4.13. The molecule has 0 radical (unpaired) electrons. The molecule has 1 heterocycles. The summed E-state index contributed by atoms with van der Waals surface area (Å²) < 4.78 is 0. The Balaban J connectivity index is 1.81. The van der Waals surface area contributed by atoms with E-state index in [4.69, 9.17) is 10.4 Å². The lowest BCUT2D eigenvalue weighted by Crippen LogP contribution is -2.03. The van der Waals surface area contributed by atoms with Gasteiger partial charge in [-0.15, -0.1) is 0 Å². The molecule has 0 fully saturated rings. The number of anilines is 4. The predicted molar refractivity (Wildman–Crippen MR) is 97.9 cm³/mol. The molecule has 3 N–H and O–H groups in total. The summed E-state index contributed by atoms with van der Waals surface area (Å²) in [5, 5.41) is 24.1. The summed E-state index contributed by atoms with van der Waals surface area (Å²) in [5.74, 6) is -0.00947. The summed E-state index contributed by atoms with van der Waals surface area (Å²) in [7, 11) is 0. The highest BCUT2D eigenvalue weighted by Crippen LogP contribution is 2.20. The summed E-state index contributed by atoms with van der Waals surface area (Å²) in [4.78, 5) is 19.7. The number of nitrogens with zero attached hydrogens (tertiary/aromatic N) is 3. The van der Waals surface area contributed by atoms with Crippen molar-refractivity contribution in [3.05, 3.63) is 71.4 Å². The Labute approximate surface area is 150 Å². The van der Waals surface area contributed by atoms with Crippen molar-refractivity contribution in [2.24, 2.45) is 0 Å². The molecule has 0 spiro atoms. The van der Waals surface area contributed by atoms with Crippen LogP contribution in [0.3, 0.4) is 0 Å². The van der Waals surface area contributed by atoms with E-state index in [1.54, 1.807) is 36.4 Å². The fraction of sp³-hybridized carbons (Fsp3) is 0.0526. The SMILES string of the molecule is Cc1cc(Nc2ccc(C(=O)O)cc2)nc(Nc2cccc(C#N)c2)n1. The first-order valence-corrected chi connectivity index (χ1v) is 7.77. The summed E-state index contributed by atoms with van der Waals surface area (Å²) in [5.41, 5.74) is 2.94. The highest BCUT2D eigenvalue weighted by Gasteiger charge is 2.06. The lowest BCUT2D eigenvalue weighted by molar-refractivity contribution is 0.0697. The maximum absolute atomic E-state index is 10.9. The number of carboxylic acid groups (broad SMARTS) is 1. The van der Waals surface area contributed by atoms with E-state index in [-0.39, 0.29) is 5.56 Å². The average Bonchev–Trinajstić information content (AvgIpc) is 2.62. The molecule has 0 aliphatic heterocycles. The number of hydrogen-bond donors (Lipinski definition) is 3. The quantitative estimate of drug-likeness (QED) is 0.644. The number of nitriles is 1. The van der Waals surface area contributed by atoms with Crippen LogP contribution in [0.2, 0.25) is 0 Å². The van der Waals surface area contributed by atoms with Crippen LogP contribution in [-0.4, -0.2) is 21.0 Å². The third-order valence-corrected chi connectivity index (χ3v) is 3.51. The van der Waals surface area contributed by atoms with E-state index in [2.05, 4.69) is 26.7 Å². The standard InChI is InChI=1S/C19H15N5O2/c1-12-9-17(22-15-7-5-14(6-8-15)18(25)26)24-19(21-12)23-16-4-2-3-13(10-16)11-20/h2-10H,1H3,(H,25,26)(H2,21,22,23,24). The van der Waals surface area contributed by atoms with Crippen molar-refractivity contribution in [3.8, 4) is 6.07 Å². The molecule has 0 atom stereocenters. The Morgan fingerprint density at radius 1 is 1.04 bits per heavy atom. The number of aryl methyl sites for hydroxylation is 1. The summed E-state index contributed by atoms with van der Waals surface area (Å²) in [6.07, 6.45) is 0. The van der Waals surface area contributed by atoms with E-state index >= 15 is 0 Å². The van der Waals surface area contributed by atoms with Gasteiger partial charge in [-0.1, -0.05) is 6.07 Å². The molecule has 0 saturated carbocycles. The first-order chi connectivity index (χ1) is 12.5. The topological polar surface area (TPSA) is 111 Å². The van der Waals surface area contributed by atoms with Gasteiger partial charge in [0.2, 0.25) is 5.95 Å². The number of benzene rings is 2. The highest BCUT2D eigenvalue weighted by atomic mass is 16.4. The van der Waals surface area contributed by atoms with Crippen LogP contribution < -0.4 is 10.6 Å². The van der Waals surface area contributed by atoms with Crippen molar-refractivity contribution in [3.63, 3.8) is 0 Å². The molecule has 26 heavy (non-hydrogen) atoms. The van der Waals surface area contributed by atoms with Crippen LogP contribution in [0.15, 0.2) is 54.6 Å². The van der Waals surface area contributed by atoms with Crippen molar-refractivity contribution in [1.82, 2.24) is 9.97 Å². The molecule has 3 rings (SSSR count). The van der Waals surface area contributed by atoms with E-state index in [1.807, 2.05) is 13.0 Å². The zero-order chi connectivity index (χ0) is 18.5. The van der Waals surface area contributed by atoms with E-state index in [9.17, 15) is 4.79 Å². The normalized spacial score (nSPS) is 10.0. The summed E-state index contributed by atoms with van der Waals surface area (Å²) >= 11 is 0. The second-order valence-corrected chi connectivity index (χ2v) is 5.54. The van der Waals surface area contributed by atoms with Crippen LogP contribution in [0.25, 0.3) is 0 Å². The van der Waals surface area contributed by atoms with Gasteiger partial charge < -0.3 is 15.7 Å². The van der Waals surface area contributed by atoms with Crippen molar-refractivity contribution in [1.29, 1.82) is 5.26 Å². The van der Waals surface area contributed by atoms with Crippen molar-refractivity contribution < 1.29 is 9.90 Å². The second-order valence-electron chi connectivity index (χ2n) is 5.54. The first kappa shape index (κ1) is 16.9. The second kappa shape index (κ2) is 7.32. The number of aromatic carboxylic acids is 1. The molecule has 0 unspecified atom stereocenters. The minimum Gasteiger partial charge on any atom is -0.478 e. The number of hydrogen-bond acceptors (Lipinski definition) is 6. The zero-order valence-corrected chi connectivity index (χ0v) is 13.9. The van der Waals surface area contributed by atoms with Crippen molar-refractivity contribution >= 4 is 29.1 Å². The predicted octanol–water partition coefficient (Wildman–Crippen LogP) is 3.84. The van der Waals surface area contributed by atoms with Gasteiger partial charge >= 0.3 is 5.97 Å². The number of carboxylic acids is 1. The lowest BCUT2D eigenvalue weighted by atomic mass is 10.2.